The van der Waals surface area contributed by atoms with E-state index in [-0.39, 0.29) is 6.61 Å². The van der Waals surface area contributed by atoms with E-state index in [1.807, 2.05) is 6.92 Å². The summed E-state index contributed by atoms with van der Waals surface area (Å²) in [4.78, 5) is 2.17. The highest BCUT2D eigenvalue weighted by Crippen LogP contribution is 2.04. The first kappa shape index (κ1) is 12.1. The Labute approximate surface area is 90.1 Å². The predicted molar refractivity (Wildman–Crippen MR) is 56.3 cm³/mol. The van der Waals surface area contributed by atoms with E-state index in [9.17, 15) is 0 Å². The van der Waals surface area contributed by atoms with Gasteiger partial charge >= 0.3 is 0 Å². The number of hydrogen-bond acceptors (Lipinski definition) is 5. The zero-order valence-corrected chi connectivity index (χ0v) is 9.44. The fourth-order valence-corrected chi connectivity index (χ4v) is 1.33. The molecule has 0 atom stereocenters. The van der Waals surface area contributed by atoms with E-state index in [1.54, 1.807) is 0 Å². The highest BCUT2D eigenvalue weighted by Gasteiger charge is 2.09. The topological polar surface area (TPSA) is 62.4 Å². The lowest BCUT2D eigenvalue weighted by molar-refractivity contribution is 0.210. The maximum absolute atomic E-state index is 8.74. The van der Waals surface area contributed by atoms with Gasteiger partial charge in [-0.3, -0.25) is 4.90 Å². The van der Waals surface area contributed by atoms with E-state index in [4.69, 9.17) is 9.52 Å². The quantitative estimate of drug-likeness (QED) is 0.727. The molecule has 0 saturated carbocycles. The minimum Gasteiger partial charge on any atom is -0.424 e. The van der Waals surface area contributed by atoms with E-state index in [0.717, 1.165) is 25.9 Å². The van der Waals surface area contributed by atoms with Crippen LogP contribution in [0, 0.1) is 0 Å². The normalized spacial score (nSPS) is 11.2. The molecule has 5 nitrogen and oxygen atoms in total. The van der Waals surface area contributed by atoms with Crippen molar-refractivity contribution in [2.75, 3.05) is 19.7 Å². The van der Waals surface area contributed by atoms with Gasteiger partial charge in [-0.1, -0.05) is 13.8 Å². The Balaban J connectivity index is 2.43. The molecular formula is C10H19N3O2. The van der Waals surface area contributed by atoms with Gasteiger partial charge in [-0.25, -0.2) is 0 Å². The Morgan fingerprint density at radius 2 is 2.00 bits per heavy atom. The monoisotopic (exact) mass is 213 g/mol. The van der Waals surface area contributed by atoms with E-state index in [0.29, 0.717) is 18.3 Å². The molecule has 0 aromatic carbocycles. The summed E-state index contributed by atoms with van der Waals surface area (Å²) < 4.78 is 5.42. The second kappa shape index (κ2) is 6.53. The Bertz CT molecular complexity index is 275. The average molecular weight is 213 g/mol. The molecule has 86 valence electrons. The summed E-state index contributed by atoms with van der Waals surface area (Å²) in [5.41, 5.74) is 0. The molecule has 1 rings (SSSR count). The fraction of sp³-hybridized carbons (Fsp3) is 0.800. The maximum Gasteiger partial charge on any atom is 0.230 e. The lowest BCUT2D eigenvalue weighted by atomic mass is 10.4. The Morgan fingerprint density at radius 1 is 1.27 bits per heavy atom. The third-order valence-corrected chi connectivity index (χ3v) is 2.25. The van der Waals surface area contributed by atoms with Gasteiger partial charge in [-0.2, -0.15) is 0 Å². The molecule has 1 N–H and O–H groups in total. The van der Waals surface area contributed by atoms with Crippen LogP contribution in [0.3, 0.4) is 0 Å². The van der Waals surface area contributed by atoms with Crippen molar-refractivity contribution in [2.24, 2.45) is 0 Å². The van der Waals surface area contributed by atoms with Gasteiger partial charge in [0.15, 0.2) is 0 Å². The number of aromatic nitrogens is 2. The molecule has 1 heterocycles. The SMILES string of the molecule is CCc1nnc(CN(CC)CCCO)o1. The third-order valence-electron chi connectivity index (χ3n) is 2.25. The van der Waals surface area contributed by atoms with E-state index >= 15 is 0 Å². The highest BCUT2D eigenvalue weighted by molar-refractivity contribution is 4.81. The first-order valence-corrected chi connectivity index (χ1v) is 5.44. The number of nitrogens with zero attached hydrogens (tertiary/aromatic N) is 3. The first-order valence-electron chi connectivity index (χ1n) is 5.44. The molecule has 1 aromatic heterocycles. The van der Waals surface area contributed by atoms with Crippen LogP contribution in [-0.4, -0.2) is 39.9 Å². The molecule has 1 aromatic rings. The largest absolute Gasteiger partial charge is 0.424 e. The third kappa shape index (κ3) is 3.97. The Kier molecular flexibility index (Phi) is 5.28. The van der Waals surface area contributed by atoms with Crippen molar-refractivity contribution in [3.63, 3.8) is 0 Å². The summed E-state index contributed by atoms with van der Waals surface area (Å²) in [5.74, 6) is 1.34. The van der Waals surface area contributed by atoms with Crippen molar-refractivity contribution in [1.82, 2.24) is 15.1 Å². The number of aryl methyl sites for hydroxylation is 1. The van der Waals surface area contributed by atoms with Crippen LogP contribution >= 0.6 is 0 Å². The van der Waals surface area contributed by atoms with Gasteiger partial charge in [0.25, 0.3) is 0 Å². The van der Waals surface area contributed by atoms with Crippen molar-refractivity contribution in [3.8, 4) is 0 Å². The molecule has 0 unspecified atom stereocenters. The van der Waals surface area contributed by atoms with Crippen LogP contribution in [0.15, 0.2) is 4.42 Å². The van der Waals surface area contributed by atoms with Crippen molar-refractivity contribution < 1.29 is 9.52 Å². The zero-order chi connectivity index (χ0) is 11.1. The van der Waals surface area contributed by atoms with Crippen molar-refractivity contribution in [2.45, 2.75) is 33.2 Å². The van der Waals surface area contributed by atoms with Gasteiger partial charge in [0.05, 0.1) is 6.54 Å². The van der Waals surface area contributed by atoms with Crippen LogP contribution in [0.2, 0.25) is 0 Å². The summed E-state index contributed by atoms with van der Waals surface area (Å²) in [5, 5.41) is 16.6. The molecule has 0 bridgehead atoms. The Morgan fingerprint density at radius 3 is 2.53 bits per heavy atom. The molecule has 0 spiro atoms. The van der Waals surface area contributed by atoms with E-state index in [2.05, 4.69) is 22.0 Å². The fourth-order valence-electron chi connectivity index (χ4n) is 1.33. The van der Waals surface area contributed by atoms with E-state index in [1.165, 1.54) is 0 Å². The second-order valence-electron chi connectivity index (χ2n) is 3.39. The van der Waals surface area contributed by atoms with E-state index < -0.39 is 0 Å². The minimum absolute atomic E-state index is 0.223. The summed E-state index contributed by atoms with van der Waals surface area (Å²) in [6.07, 6.45) is 1.55. The van der Waals surface area contributed by atoms with Gasteiger partial charge in [0.1, 0.15) is 0 Å². The average Bonchev–Trinajstić information content (AvgIpc) is 2.71. The summed E-state index contributed by atoms with van der Waals surface area (Å²) in [6, 6.07) is 0. The molecule has 5 heteroatoms. The predicted octanol–water partition coefficient (Wildman–Crippen LogP) is 0.836. The molecule has 0 aliphatic heterocycles. The smallest absolute Gasteiger partial charge is 0.230 e. The van der Waals surface area contributed by atoms with Gasteiger partial charge < -0.3 is 9.52 Å². The number of aliphatic hydroxyl groups is 1. The molecule has 0 aliphatic carbocycles. The first-order chi connectivity index (χ1) is 7.30. The Hall–Kier alpha value is -0.940. The van der Waals surface area contributed by atoms with Gasteiger partial charge in [-0.15, -0.1) is 10.2 Å². The van der Waals surface area contributed by atoms with Crippen molar-refractivity contribution >= 4 is 0 Å². The molecule has 0 saturated heterocycles. The molecule has 0 radical (unpaired) electrons. The summed E-state index contributed by atoms with van der Waals surface area (Å²) >= 11 is 0. The van der Waals surface area contributed by atoms with Crippen LogP contribution in [0.25, 0.3) is 0 Å². The van der Waals surface area contributed by atoms with Gasteiger partial charge in [0, 0.05) is 19.6 Å². The molecule has 0 amide bonds. The highest BCUT2D eigenvalue weighted by atomic mass is 16.4. The zero-order valence-electron chi connectivity index (χ0n) is 9.44. The molecule has 15 heavy (non-hydrogen) atoms. The van der Waals surface area contributed by atoms with Crippen molar-refractivity contribution in [3.05, 3.63) is 11.8 Å². The number of hydrogen-bond donors (Lipinski definition) is 1. The number of aliphatic hydroxyl groups excluding tert-OH is 1. The van der Waals surface area contributed by atoms with Crippen molar-refractivity contribution in [1.29, 1.82) is 0 Å². The van der Waals surface area contributed by atoms with Crippen LogP contribution in [0.5, 0.6) is 0 Å². The lowest BCUT2D eigenvalue weighted by Gasteiger charge is -2.17. The van der Waals surface area contributed by atoms with Crippen LogP contribution < -0.4 is 0 Å². The van der Waals surface area contributed by atoms with Crippen LogP contribution in [0.1, 0.15) is 32.0 Å². The second-order valence-corrected chi connectivity index (χ2v) is 3.39. The van der Waals surface area contributed by atoms with Gasteiger partial charge in [-0.05, 0) is 13.0 Å². The standard InChI is InChI=1S/C10H19N3O2/c1-3-9-11-12-10(15-9)8-13(4-2)6-5-7-14/h14H,3-8H2,1-2H3. The van der Waals surface area contributed by atoms with Crippen LogP contribution in [-0.2, 0) is 13.0 Å². The molecule has 0 aliphatic rings. The van der Waals surface area contributed by atoms with Gasteiger partial charge in [0.2, 0.25) is 11.8 Å². The summed E-state index contributed by atoms with van der Waals surface area (Å²) in [6.45, 7) is 6.74. The minimum atomic E-state index is 0.223. The summed E-state index contributed by atoms with van der Waals surface area (Å²) in [7, 11) is 0. The molecular weight excluding hydrogens is 194 g/mol. The molecule has 0 fully saturated rings. The maximum atomic E-state index is 8.74. The van der Waals surface area contributed by atoms with Crippen LogP contribution in [0.4, 0.5) is 0 Å². The number of rotatable bonds is 7. The lowest BCUT2D eigenvalue weighted by Crippen LogP contribution is -2.24.